The number of hydrogen-bond donors (Lipinski definition) is 1. The third kappa shape index (κ3) is 4.92. The van der Waals surface area contributed by atoms with Crippen LogP contribution < -0.4 is 5.32 Å². The topological polar surface area (TPSA) is 32.3 Å². The van der Waals surface area contributed by atoms with E-state index in [9.17, 15) is 4.79 Å². The highest BCUT2D eigenvalue weighted by atomic mass is 35.5. The van der Waals surface area contributed by atoms with Gasteiger partial charge < -0.3 is 5.32 Å². The van der Waals surface area contributed by atoms with E-state index in [0.717, 1.165) is 37.1 Å². The molecule has 2 aromatic rings. The third-order valence-corrected chi connectivity index (χ3v) is 5.89. The van der Waals surface area contributed by atoms with Crippen LogP contribution in [0.4, 0.5) is 0 Å². The molecule has 3 nitrogen and oxygen atoms in total. The van der Waals surface area contributed by atoms with Gasteiger partial charge in [0.25, 0.3) is 0 Å². The van der Waals surface area contributed by atoms with Crippen LogP contribution in [0.25, 0.3) is 0 Å². The van der Waals surface area contributed by atoms with E-state index < -0.39 is 0 Å². The molecule has 138 valence electrons. The Morgan fingerprint density at radius 3 is 2.23 bits per heavy atom. The Balaban J connectivity index is 1.49. The van der Waals surface area contributed by atoms with Crippen molar-refractivity contribution in [3.8, 4) is 0 Å². The minimum Gasteiger partial charge on any atom is -0.352 e. The molecule has 26 heavy (non-hydrogen) atoms. The predicted molar refractivity (Wildman–Crippen MR) is 108 cm³/mol. The number of nitrogens with one attached hydrogen (secondary N) is 1. The molecule has 1 amide bonds. The molecule has 0 spiro atoms. The van der Waals surface area contributed by atoms with E-state index >= 15 is 0 Å². The lowest BCUT2D eigenvalue weighted by atomic mass is 9.95. The largest absolute Gasteiger partial charge is 0.352 e. The van der Waals surface area contributed by atoms with Gasteiger partial charge in [0.2, 0.25) is 5.91 Å². The highest BCUT2D eigenvalue weighted by Crippen LogP contribution is 2.27. The Hall–Kier alpha value is -1.26. The van der Waals surface area contributed by atoms with Crippen molar-refractivity contribution < 1.29 is 4.79 Å². The lowest BCUT2D eigenvalue weighted by Gasteiger charge is -2.31. The number of amides is 1. The first-order valence-electron chi connectivity index (χ1n) is 8.71. The second-order valence-electron chi connectivity index (χ2n) is 6.56. The Kier molecular flexibility index (Phi) is 6.82. The quantitative estimate of drug-likeness (QED) is 0.735. The van der Waals surface area contributed by atoms with E-state index in [0.29, 0.717) is 28.2 Å². The number of piperidine rings is 1. The van der Waals surface area contributed by atoms with Gasteiger partial charge in [-0.15, -0.1) is 0 Å². The molecule has 1 saturated heterocycles. The minimum atomic E-state index is 0.0375. The summed E-state index contributed by atoms with van der Waals surface area (Å²) in [5.74, 6) is 0.135. The highest BCUT2D eigenvalue weighted by Gasteiger charge is 2.25. The van der Waals surface area contributed by atoms with E-state index in [1.165, 1.54) is 0 Å². The molecule has 1 aliphatic rings. The first-order valence-corrected chi connectivity index (χ1v) is 9.84. The van der Waals surface area contributed by atoms with Gasteiger partial charge in [0.1, 0.15) is 0 Å². The second-order valence-corrected chi connectivity index (χ2v) is 7.78. The van der Waals surface area contributed by atoms with Crippen LogP contribution in [0.15, 0.2) is 42.5 Å². The molecular formula is C20H21Cl3N2O. The van der Waals surface area contributed by atoms with Crippen molar-refractivity contribution in [3.63, 3.8) is 0 Å². The first-order chi connectivity index (χ1) is 12.5. The number of likely N-dealkylation sites (tertiary alicyclic amines) is 1. The fourth-order valence-electron chi connectivity index (χ4n) is 3.23. The molecule has 0 atom stereocenters. The van der Waals surface area contributed by atoms with Crippen molar-refractivity contribution in [2.24, 2.45) is 5.92 Å². The summed E-state index contributed by atoms with van der Waals surface area (Å²) in [6.45, 7) is 2.89. The summed E-state index contributed by atoms with van der Waals surface area (Å²) in [5.41, 5.74) is 1.89. The van der Waals surface area contributed by atoms with E-state index in [-0.39, 0.29) is 11.8 Å². The number of benzene rings is 2. The van der Waals surface area contributed by atoms with Gasteiger partial charge in [-0.2, -0.15) is 0 Å². The van der Waals surface area contributed by atoms with Gasteiger partial charge in [0.15, 0.2) is 0 Å². The standard InChI is InChI=1S/C20H21Cl3N2O/c21-17-5-2-1-4-15(17)12-24-20(26)14-8-10-25(11-9-14)13-16-18(22)6-3-7-19(16)23/h1-7,14H,8-13H2,(H,24,26). The van der Waals surface area contributed by atoms with E-state index in [1.54, 1.807) is 0 Å². The molecular weight excluding hydrogens is 391 g/mol. The maximum absolute atomic E-state index is 12.4. The predicted octanol–water partition coefficient (Wildman–Crippen LogP) is 5.18. The van der Waals surface area contributed by atoms with Gasteiger partial charge in [-0.05, 0) is 49.7 Å². The smallest absolute Gasteiger partial charge is 0.223 e. The molecule has 1 N–H and O–H groups in total. The fraction of sp³-hybridized carbons (Fsp3) is 0.350. The summed E-state index contributed by atoms with van der Waals surface area (Å²) >= 11 is 18.6. The summed E-state index contributed by atoms with van der Waals surface area (Å²) in [5, 5.41) is 5.07. The SMILES string of the molecule is O=C(NCc1ccccc1Cl)C1CCN(Cc2c(Cl)cccc2Cl)CC1. The van der Waals surface area contributed by atoms with Crippen LogP contribution in [0.5, 0.6) is 0 Å². The van der Waals surface area contributed by atoms with Crippen molar-refractivity contribution in [1.82, 2.24) is 10.2 Å². The zero-order valence-corrected chi connectivity index (χ0v) is 16.6. The van der Waals surface area contributed by atoms with Crippen LogP contribution in [-0.2, 0) is 17.9 Å². The first kappa shape index (κ1) is 19.5. The Labute approximate surface area is 169 Å². The highest BCUT2D eigenvalue weighted by molar-refractivity contribution is 6.36. The average Bonchev–Trinajstić information content (AvgIpc) is 2.64. The summed E-state index contributed by atoms with van der Waals surface area (Å²) < 4.78 is 0. The van der Waals surface area contributed by atoms with Gasteiger partial charge in [0.05, 0.1) is 0 Å². The summed E-state index contributed by atoms with van der Waals surface area (Å²) in [6, 6.07) is 13.1. The molecule has 0 radical (unpaired) electrons. The maximum atomic E-state index is 12.4. The van der Waals surface area contributed by atoms with Gasteiger partial charge >= 0.3 is 0 Å². The summed E-state index contributed by atoms with van der Waals surface area (Å²) in [6.07, 6.45) is 1.66. The van der Waals surface area contributed by atoms with Crippen molar-refractivity contribution in [3.05, 3.63) is 68.7 Å². The maximum Gasteiger partial charge on any atom is 0.223 e. The van der Waals surface area contributed by atoms with Crippen molar-refractivity contribution in [2.75, 3.05) is 13.1 Å². The zero-order valence-electron chi connectivity index (χ0n) is 14.4. The van der Waals surface area contributed by atoms with Gasteiger partial charge in [-0.25, -0.2) is 0 Å². The van der Waals surface area contributed by atoms with Crippen LogP contribution in [-0.4, -0.2) is 23.9 Å². The van der Waals surface area contributed by atoms with Crippen LogP contribution in [0.2, 0.25) is 15.1 Å². The van der Waals surface area contributed by atoms with Gasteiger partial charge in [-0.1, -0.05) is 59.1 Å². The molecule has 3 rings (SSSR count). The molecule has 0 aromatic heterocycles. The van der Waals surface area contributed by atoms with Crippen molar-refractivity contribution >= 4 is 40.7 Å². The van der Waals surface area contributed by atoms with Crippen LogP contribution in [0.3, 0.4) is 0 Å². The second kappa shape index (κ2) is 9.09. The van der Waals surface area contributed by atoms with E-state index in [2.05, 4.69) is 10.2 Å². The number of halogens is 3. The number of carbonyl (C=O) groups excluding carboxylic acids is 1. The number of nitrogens with zero attached hydrogens (tertiary/aromatic N) is 1. The lowest BCUT2D eigenvalue weighted by molar-refractivity contribution is -0.126. The molecule has 0 aliphatic carbocycles. The molecule has 0 unspecified atom stereocenters. The molecule has 0 bridgehead atoms. The van der Waals surface area contributed by atoms with Gasteiger partial charge in [0, 0.05) is 39.6 Å². The van der Waals surface area contributed by atoms with E-state index in [4.69, 9.17) is 34.8 Å². The number of rotatable bonds is 5. The van der Waals surface area contributed by atoms with Crippen LogP contribution in [0, 0.1) is 5.92 Å². The Morgan fingerprint density at radius 1 is 0.962 bits per heavy atom. The average molecular weight is 412 g/mol. The van der Waals surface area contributed by atoms with Crippen LogP contribution >= 0.6 is 34.8 Å². The molecule has 1 fully saturated rings. The summed E-state index contributed by atoms with van der Waals surface area (Å²) in [7, 11) is 0. The van der Waals surface area contributed by atoms with Crippen LogP contribution in [0.1, 0.15) is 24.0 Å². The normalized spacial score (nSPS) is 15.8. The summed E-state index contributed by atoms with van der Waals surface area (Å²) in [4.78, 5) is 14.7. The minimum absolute atomic E-state index is 0.0375. The lowest BCUT2D eigenvalue weighted by Crippen LogP contribution is -2.40. The Morgan fingerprint density at radius 2 is 1.58 bits per heavy atom. The van der Waals surface area contributed by atoms with E-state index in [1.807, 2.05) is 42.5 Å². The molecule has 1 aliphatic heterocycles. The molecule has 0 saturated carbocycles. The van der Waals surface area contributed by atoms with Crippen molar-refractivity contribution in [2.45, 2.75) is 25.9 Å². The van der Waals surface area contributed by atoms with Gasteiger partial charge in [-0.3, -0.25) is 9.69 Å². The monoisotopic (exact) mass is 410 g/mol. The molecule has 1 heterocycles. The fourth-order valence-corrected chi connectivity index (χ4v) is 3.95. The Bertz CT molecular complexity index is 753. The molecule has 6 heteroatoms. The number of hydrogen-bond acceptors (Lipinski definition) is 2. The zero-order chi connectivity index (χ0) is 18.5. The molecule has 2 aromatic carbocycles. The van der Waals surface area contributed by atoms with Crippen molar-refractivity contribution in [1.29, 1.82) is 0 Å². The number of carbonyl (C=O) groups is 1. The third-order valence-electron chi connectivity index (χ3n) is 4.81.